The van der Waals surface area contributed by atoms with Gasteiger partial charge in [-0.3, -0.25) is 9.80 Å². The van der Waals surface area contributed by atoms with Crippen LogP contribution >= 0.6 is 23.2 Å². The Morgan fingerprint density at radius 1 is 0.878 bits per heavy atom. The number of benzene rings is 1. The van der Waals surface area contributed by atoms with Crippen molar-refractivity contribution in [3.8, 4) is 5.75 Å². The highest BCUT2D eigenvalue weighted by Crippen LogP contribution is 2.31. The molecule has 1 aromatic rings. The number of allylic oxidation sites excluding steroid dienone is 2. The van der Waals surface area contributed by atoms with Crippen LogP contribution in [0.5, 0.6) is 5.75 Å². The lowest BCUT2D eigenvalue weighted by molar-refractivity contribution is -0.148. The zero-order valence-corrected chi connectivity index (χ0v) is 25.4. The lowest BCUT2D eigenvalue weighted by Gasteiger charge is -2.35. The quantitative estimate of drug-likeness (QED) is 0.296. The number of dihydropyridines is 1. The number of halogens is 2. The molecule has 0 spiro atoms. The van der Waals surface area contributed by atoms with Crippen LogP contribution in [0.2, 0.25) is 10.0 Å². The average molecular weight is 613 g/mol. The molecule has 0 bridgehead atoms. The molecule has 3 aliphatic rings. The summed E-state index contributed by atoms with van der Waals surface area (Å²) in [5, 5.41) is 4.08. The summed E-state index contributed by atoms with van der Waals surface area (Å²) in [6.45, 7) is 12.6. The Bertz CT molecular complexity index is 1110. The van der Waals surface area contributed by atoms with Gasteiger partial charge in [-0.2, -0.15) is 0 Å². The average Bonchev–Trinajstić information content (AvgIpc) is 2.91. The Hall–Kier alpha value is -2.34. The molecule has 0 aliphatic carbocycles. The normalized spacial score (nSPS) is 20.7. The zero-order valence-electron chi connectivity index (χ0n) is 23.9. The van der Waals surface area contributed by atoms with Crippen molar-refractivity contribution in [2.24, 2.45) is 5.92 Å². The predicted octanol–water partition coefficient (Wildman–Crippen LogP) is 3.28. The SMILES string of the molecule is CC1=C(C(=O)OCCOc2cc(Cl)cc(Cl)c2)C(C)C(C(=O)OC(CN2CCOCC2)CN2CCOCC2)=C(C)N1. The number of carbonyl (C=O) groups is 2. The van der Waals surface area contributed by atoms with Gasteiger partial charge in [0.15, 0.2) is 0 Å². The van der Waals surface area contributed by atoms with E-state index >= 15 is 0 Å². The summed E-state index contributed by atoms with van der Waals surface area (Å²) in [6, 6.07) is 4.87. The summed E-state index contributed by atoms with van der Waals surface area (Å²) in [4.78, 5) is 31.3. The molecule has 12 heteroatoms. The summed E-state index contributed by atoms with van der Waals surface area (Å²) in [6.07, 6.45) is -0.342. The minimum atomic E-state index is -0.522. The Labute approximate surface area is 251 Å². The van der Waals surface area contributed by atoms with Crippen molar-refractivity contribution in [1.29, 1.82) is 0 Å². The minimum Gasteiger partial charge on any atom is -0.490 e. The van der Waals surface area contributed by atoms with E-state index in [1.54, 1.807) is 25.1 Å². The van der Waals surface area contributed by atoms with Crippen molar-refractivity contribution in [3.63, 3.8) is 0 Å². The largest absolute Gasteiger partial charge is 0.490 e. The van der Waals surface area contributed by atoms with Crippen molar-refractivity contribution >= 4 is 35.1 Å². The van der Waals surface area contributed by atoms with Crippen molar-refractivity contribution < 1.29 is 33.3 Å². The second kappa shape index (κ2) is 15.2. The summed E-state index contributed by atoms with van der Waals surface area (Å²) < 4.78 is 28.3. The number of esters is 2. The summed E-state index contributed by atoms with van der Waals surface area (Å²) >= 11 is 12.0. The van der Waals surface area contributed by atoms with Crippen molar-refractivity contribution in [2.75, 3.05) is 78.9 Å². The lowest BCUT2D eigenvalue weighted by Crippen LogP contribution is -2.48. The molecule has 41 heavy (non-hydrogen) atoms. The van der Waals surface area contributed by atoms with E-state index < -0.39 is 17.9 Å². The van der Waals surface area contributed by atoms with Crippen LogP contribution in [0.25, 0.3) is 0 Å². The molecular weight excluding hydrogens is 573 g/mol. The first kappa shape index (κ1) is 31.6. The highest BCUT2D eigenvalue weighted by atomic mass is 35.5. The smallest absolute Gasteiger partial charge is 0.336 e. The second-order valence-corrected chi connectivity index (χ2v) is 11.2. The maximum Gasteiger partial charge on any atom is 0.336 e. The van der Waals surface area contributed by atoms with E-state index in [-0.39, 0.29) is 19.3 Å². The van der Waals surface area contributed by atoms with E-state index in [0.29, 0.717) is 77.9 Å². The van der Waals surface area contributed by atoms with Crippen LogP contribution in [0, 0.1) is 5.92 Å². The number of morpholine rings is 2. The Morgan fingerprint density at radius 3 is 1.93 bits per heavy atom. The molecule has 1 unspecified atom stereocenters. The van der Waals surface area contributed by atoms with Crippen molar-refractivity contribution in [3.05, 3.63) is 50.8 Å². The van der Waals surface area contributed by atoms with Crippen LogP contribution in [0.4, 0.5) is 0 Å². The first-order valence-electron chi connectivity index (χ1n) is 14.0. The summed E-state index contributed by atoms with van der Waals surface area (Å²) in [7, 11) is 0. The first-order chi connectivity index (χ1) is 19.7. The number of nitrogens with one attached hydrogen (secondary N) is 1. The van der Waals surface area contributed by atoms with Gasteiger partial charge in [-0.1, -0.05) is 30.1 Å². The molecule has 0 radical (unpaired) electrons. The highest BCUT2D eigenvalue weighted by molar-refractivity contribution is 6.34. The fourth-order valence-corrected chi connectivity index (χ4v) is 5.85. The molecule has 1 aromatic carbocycles. The number of carbonyl (C=O) groups excluding carboxylic acids is 2. The van der Waals surface area contributed by atoms with Crippen LogP contribution in [-0.4, -0.2) is 107 Å². The molecule has 2 saturated heterocycles. The third kappa shape index (κ3) is 9.07. The maximum atomic E-state index is 13.6. The van der Waals surface area contributed by atoms with Gasteiger partial charge in [0.05, 0.1) is 37.6 Å². The van der Waals surface area contributed by atoms with Crippen LogP contribution in [0.1, 0.15) is 20.8 Å². The van der Waals surface area contributed by atoms with Crippen LogP contribution in [0.15, 0.2) is 40.7 Å². The molecule has 0 amide bonds. The van der Waals surface area contributed by atoms with E-state index in [1.165, 1.54) is 0 Å². The molecule has 4 rings (SSSR count). The molecule has 0 aromatic heterocycles. The number of nitrogens with zero attached hydrogens (tertiary/aromatic N) is 2. The Kier molecular flexibility index (Phi) is 11.7. The van der Waals surface area contributed by atoms with Crippen LogP contribution in [0.3, 0.4) is 0 Å². The molecule has 226 valence electrons. The molecule has 1 N–H and O–H groups in total. The van der Waals surface area contributed by atoms with Gasteiger partial charge in [0.25, 0.3) is 0 Å². The molecule has 0 saturated carbocycles. The molecule has 10 nitrogen and oxygen atoms in total. The summed E-state index contributed by atoms with van der Waals surface area (Å²) in [5.74, 6) is -0.996. The first-order valence-corrected chi connectivity index (χ1v) is 14.7. The van der Waals surface area contributed by atoms with E-state index in [0.717, 1.165) is 26.2 Å². The monoisotopic (exact) mass is 611 g/mol. The number of hydrogen-bond donors (Lipinski definition) is 1. The van der Waals surface area contributed by atoms with E-state index in [2.05, 4.69) is 15.1 Å². The molecule has 3 heterocycles. The summed E-state index contributed by atoms with van der Waals surface area (Å²) in [5.41, 5.74) is 2.10. The van der Waals surface area contributed by atoms with E-state index in [1.807, 2.05) is 13.8 Å². The van der Waals surface area contributed by atoms with Gasteiger partial charge in [-0.15, -0.1) is 0 Å². The van der Waals surface area contributed by atoms with Gasteiger partial charge in [0, 0.05) is 66.6 Å². The van der Waals surface area contributed by atoms with Gasteiger partial charge in [0.1, 0.15) is 25.1 Å². The fraction of sp³-hybridized carbons (Fsp3) is 0.586. The third-order valence-electron chi connectivity index (χ3n) is 7.31. The van der Waals surface area contributed by atoms with Crippen LogP contribution < -0.4 is 10.1 Å². The number of hydrogen-bond acceptors (Lipinski definition) is 10. The van der Waals surface area contributed by atoms with Gasteiger partial charge in [0.2, 0.25) is 0 Å². The third-order valence-corrected chi connectivity index (χ3v) is 7.75. The van der Waals surface area contributed by atoms with Crippen LogP contribution in [-0.2, 0) is 28.5 Å². The van der Waals surface area contributed by atoms with Crippen molar-refractivity contribution in [1.82, 2.24) is 15.1 Å². The fourth-order valence-electron chi connectivity index (χ4n) is 5.34. The van der Waals surface area contributed by atoms with Gasteiger partial charge < -0.3 is 29.0 Å². The number of ether oxygens (including phenoxy) is 5. The molecule has 1 atom stereocenters. The Morgan fingerprint density at radius 2 is 1.39 bits per heavy atom. The topological polar surface area (TPSA) is 98.8 Å². The van der Waals surface area contributed by atoms with E-state index in [9.17, 15) is 9.59 Å². The minimum absolute atomic E-state index is 0.0100. The molecular formula is C29H39Cl2N3O7. The highest BCUT2D eigenvalue weighted by Gasteiger charge is 2.35. The lowest BCUT2D eigenvalue weighted by atomic mass is 9.87. The predicted molar refractivity (Wildman–Crippen MR) is 155 cm³/mol. The van der Waals surface area contributed by atoms with Gasteiger partial charge in [-0.05, 0) is 32.0 Å². The van der Waals surface area contributed by atoms with Crippen molar-refractivity contribution in [2.45, 2.75) is 26.9 Å². The second-order valence-electron chi connectivity index (χ2n) is 10.4. The molecule has 2 fully saturated rings. The van der Waals surface area contributed by atoms with Gasteiger partial charge in [-0.25, -0.2) is 9.59 Å². The van der Waals surface area contributed by atoms with E-state index in [4.69, 9.17) is 46.9 Å². The van der Waals surface area contributed by atoms with Gasteiger partial charge >= 0.3 is 11.9 Å². The maximum absolute atomic E-state index is 13.6. The molecule has 3 aliphatic heterocycles. The number of rotatable bonds is 11. The Balaban J connectivity index is 1.37. The standard InChI is InChI=1S/C29H39Cl2N3O7/c1-19-26(28(35)40-13-12-39-24-15-22(30)14-23(31)16-24)20(2)32-21(3)27(19)29(36)41-25(17-33-4-8-37-9-5-33)18-34-6-10-38-11-7-34/h14-16,19,25,32H,4-13,17-18H2,1-3H3. The zero-order chi connectivity index (χ0) is 29.4.